The summed E-state index contributed by atoms with van der Waals surface area (Å²) in [5, 5.41) is 7.17. The third-order valence-corrected chi connectivity index (χ3v) is 2.77. The minimum atomic E-state index is -0.398. The van der Waals surface area contributed by atoms with Crippen LogP contribution in [0.5, 0.6) is 0 Å². The van der Waals surface area contributed by atoms with E-state index in [0.29, 0.717) is 31.5 Å². The van der Waals surface area contributed by atoms with Crippen LogP contribution in [0.2, 0.25) is 0 Å². The number of rotatable bonds is 4. The largest absolute Gasteiger partial charge is 0.469 e. The van der Waals surface area contributed by atoms with Crippen molar-refractivity contribution in [2.75, 3.05) is 25.6 Å². The number of nitrogens with zero attached hydrogens (tertiary/aromatic N) is 3. The standard InChI is InChI=1S/C11H16N4O4/c1-3-19-10(17)7-5-12-11-13-8(4-9(16)18-2)14-15(11)6-7/h7H,3-6H2,1-2H3,(H,12,13,14). The van der Waals surface area contributed by atoms with Crippen molar-refractivity contribution in [1.82, 2.24) is 14.8 Å². The third-order valence-electron chi connectivity index (χ3n) is 2.77. The first-order valence-electron chi connectivity index (χ1n) is 6.05. The van der Waals surface area contributed by atoms with Crippen molar-refractivity contribution in [3.05, 3.63) is 5.82 Å². The highest BCUT2D eigenvalue weighted by molar-refractivity contribution is 5.73. The van der Waals surface area contributed by atoms with Gasteiger partial charge in [-0.05, 0) is 6.92 Å². The van der Waals surface area contributed by atoms with E-state index in [1.165, 1.54) is 7.11 Å². The summed E-state index contributed by atoms with van der Waals surface area (Å²) >= 11 is 0. The number of aromatic nitrogens is 3. The van der Waals surface area contributed by atoms with Crippen LogP contribution >= 0.6 is 0 Å². The third kappa shape index (κ3) is 3.01. The van der Waals surface area contributed by atoms with E-state index in [2.05, 4.69) is 20.1 Å². The molecule has 0 aliphatic carbocycles. The lowest BCUT2D eigenvalue weighted by Gasteiger charge is -2.21. The van der Waals surface area contributed by atoms with Crippen LogP contribution in [0.4, 0.5) is 5.95 Å². The molecule has 0 amide bonds. The molecule has 19 heavy (non-hydrogen) atoms. The smallest absolute Gasteiger partial charge is 0.313 e. The van der Waals surface area contributed by atoms with Crippen LogP contribution < -0.4 is 5.32 Å². The average Bonchev–Trinajstić information content (AvgIpc) is 2.79. The van der Waals surface area contributed by atoms with Crippen LogP contribution in [0.3, 0.4) is 0 Å². The van der Waals surface area contributed by atoms with E-state index in [1.807, 2.05) is 0 Å². The van der Waals surface area contributed by atoms with Crippen molar-refractivity contribution >= 4 is 17.9 Å². The van der Waals surface area contributed by atoms with Crippen LogP contribution in [0.1, 0.15) is 12.7 Å². The first-order chi connectivity index (χ1) is 9.13. The van der Waals surface area contributed by atoms with Gasteiger partial charge in [0.2, 0.25) is 5.95 Å². The second kappa shape index (κ2) is 5.68. The maximum absolute atomic E-state index is 11.6. The summed E-state index contributed by atoms with van der Waals surface area (Å²) in [6.07, 6.45) is 0.0161. The van der Waals surface area contributed by atoms with Gasteiger partial charge in [0.1, 0.15) is 6.42 Å². The zero-order chi connectivity index (χ0) is 13.8. The molecule has 8 heteroatoms. The number of hydrogen-bond donors (Lipinski definition) is 1. The Labute approximate surface area is 110 Å². The Bertz CT molecular complexity index is 485. The highest BCUT2D eigenvalue weighted by Crippen LogP contribution is 2.16. The molecule has 2 rings (SSSR count). The molecule has 1 aliphatic rings. The van der Waals surface area contributed by atoms with Crippen LogP contribution in [0, 0.1) is 5.92 Å². The highest BCUT2D eigenvalue weighted by atomic mass is 16.5. The fourth-order valence-corrected chi connectivity index (χ4v) is 1.83. The lowest BCUT2D eigenvalue weighted by molar-refractivity contribution is -0.148. The Morgan fingerprint density at radius 1 is 1.53 bits per heavy atom. The number of hydrogen-bond acceptors (Lipinski definition) is 7. The molecule has 1 atom stereocenters. The molecule has 8 nitrogen and oxygen atoms in total. The Kier molecular flexibility index (Phi) is 3.98. The van der Waals surface area contributed by atoms with Crippen molar-refractivity contribution in [2.45, 2.75) is 19.9 Å². The van der Waals surface area contributed by atoms with E-state index in [0.717, 1.165) is 0 Å². The topological polar surface area (TPSA) is 95.3 Å². The van der Waals surface area contributed by atoms with Crippen molar-refractivity contribution in [3.63, 3.8) is 0 Å². The summed E-state index contributed by atoms with van der Waals surface area (Å²) in [6.45, 7) is 2.97. The number of carbonyl (C=O) groups is 2. The van der Waals surface area contributed by atoms with Crippen LogP contribution in [0.15, 0.2) is 0 Å². The molecule has 104 valence electrons. The summed E-state index contributed by atoms with van der Waals surface area (Å²) in [5.74, 6) is -0.0194. The maximum Gasteiger partial charge on any atom is 0.313 e. The van der Waals surface area contributed by atoms with Gasteiger partial charge in [0.25, 0.3) is 0 Å². The number of anilines is 1. The minimum absolute atomic E-state index is 0.0161. The number of ether oxygens (including phenoxy) is 2. The predicted octanol–water partition coefficient (Wildman–Crippen LogP) is -0.402. The van der Waals surface area contributed by atoms with Gasteiger partial charge in [-0.3, -0.25) is 9.59 Å². The van der Waals surface area contributed by atoms with E-state index < -0.39 is 5.97 Å². The van der Waals surface area contributed by atoms with Gasteiger partial charge in [0.05, 0.1) is 26.2 Å². The molecular formula is C11H16N4O4. The summed E-state index contributed by atoms with van der Waals surface area (Å²) in [4.78, 5) is 27.0. The van der Waals surface area contributed by atoms with E-state index in [4.69, 9.17) is 4.74 Å². The van der Waals surface area contributed by atoms with E-state index >= 15 is 0 Å². The predicted molar refractivity (Wildman–Crippen MR) is 64.4 cm³/mol. The van der Waals surface area contributed by atoms with Crippen molar-refractivity contribution in [3.8, 4) is 0 Å². The zero-order valence-corrected chi connectivity index (χ0v) is 10.9. The average molecular weight is 268 g/mol. The van der Waals surface area contributed by atoms with Crippen LogP contribution in [-0.4, -0.2) is 47.0 Å². The van der Waals surface area contributed by atoms with Gasteiger partial charge in [-0.2, -0.15) is 10.1 Å². The SMILES string of the molecule is CCOC(=O)C1CNc2nc(CC(=O)OC)nn2C1. The Morgan fingerprint density at radius 2 is 2.32 bits per heavy atom. The lowest BCUT2D eigenvalue weighted by atomic mass is 10.1. The molecule has 1 N–H and O–H groups in total. The van der Waals surface area contributed by atoms with Gasteiger partial charge in [-0.1, -0.05) is 0 Å². The molecule has 0 bridgehead atoms. The van der Waals surface area contributed by atoms with Crippen molar-refractivity contribution < 1.29 is 19.1 Å². The number of nitrogens with one attached hydrogen (secondary N) is 1. The normalized spacial score (nSPS) is 17.3. The van der Waals surface area contributed by atoms with Gasteiger partial charge in [0.15, 0.2) is 5.82 Å². The van der Waals surface area contributed by atoms with Crippen molar-refractivity contribution in [1.29, 1.82) is 0 Å². The molecule has 0 spiro atoms. The monoisotopic (exact) mass is 268 g/mol. The Morgan fingerprint density at radius 3 is 3.00 bits per heavy atom. The summed E-state index contributed by atoms with van der Waals surface area (Å²) in [7, 11) is 1.31. The molecule has 1 unspecified atom stereocenters. The molecule has 0 saturated carbocycles. The fraction of sp³-hybridized carbons (Fsp3) is 0.636. The molecule has 1 aromatic heterocycles. The summed E-state index contributed by atoms with van der Waals surface area (Å²) in [6, 6.07) is 0. The fourth-order valence-electron chi connectivity index (χ4n) is 1.83. The van der Waals surface area contributed by atoms with Gasteiger partial charge < -0.3 is 14.8 Å². The number of esters is 2. The Balaban J connectivity index is 2.04. The van der Waals surface area contributed by atoms with Gasteiger partial charge in [0, 0.05) is 6.54 Å². The Hall–Kier alpha value is -2.12. The number of fused-ring (bicyclic) bond motifs is 1. The summed E-state index contributed by atoms with van der Waals surface area (Å²) in [5.41, 5.74) is 0. The first-order valence-corrected chi connectivity index (χ1v) is 6.05. The van der Waals surface area contributed by atoms with Crippen LogP contribution in [-0.2, 0) is 32.0 Å². The van der Waals surface area contributed by atoms with Gasteiger partial charge in [-0.15, -0.1) is 0 Å². The molecule has 2 heterocycles. The maximum atomic E-state index is 11.6. The lowest BCUT2D eigenvalue weighted by Crippen LogP contribution is -2.34. The molecule has 0 saturated heterocycles. The zero-order valence-electron chi connectivity index (χ0n) is 10.9. The van der Waals surface area contributed by atoms with Gasteiger partial charge in [-0.25, -0.2) is 4.68 Å². The highest BCUT2D eigenvalue weighted by Gasteiger charge is 2.27. The van der Waals surface area contributed by atoms with Crippen molar-refractivity contribution in [2.24, 2.45) is 5.92 Å². The van der Waals surface area contributed by atoms with E-state index in [-0.39, 0.29) is 18.3 Å². The summed E-state index contributed by atoms with van der Waals surface area (Å²) < 4.78 is 11.1. The first kappa shape index (κ1) is 13.3. The number of methoxy groups -OCH3 is 1. The second-order valence-electron chi connectivity index (χ2n) is 4.12. The molecule has 1 aromatic rings. The molecule has 0 radical (unpaired) electrons. The second-order valence-corrected chi connectivity index (χ2v) is 4.12. The van der Waals surface area contributed by atoms with E-state index in [9.17, 15) is 9.59 Å². The van der Waals surface area contributed by atoms with E-state index in [1.54, 1.807) is 11.6 Å². The van der Waals surface area contributed by atoms with Gasteiger partial charge >= 0.3 is 11.9 Å². The molecule has 0 aromatic carbocycles. The van der Waals surface area contributed by atoms with Crippen LogP contribution in [0.25, 0.3) is 0 Å². The quantitative estimate of drug-likeness (QED) is 0.742. The molecule has 1 aliphatic heterocycles. The minimum Gasteiger partial charge on any atom is -0.469 e. The molecular weight excluding hydrogens is 252 g/mol. The molecule has 0 fully saturated rings. The number of carbonyl (C=O) groups excluding carboxylic acids is 2.